The van der Waals surface area contributed by atoms with Crippen LogP contribution in [0.2, 0.25) is 5.02 Å². The first-order chi connectivity index (χ1) is 10.7. The zero-order valence-electron chi connectivity index (χ0n) is 12.6. The van der Waals surface area contributed by atoms with Gasteiger partial charge in [-0.25, -0.2) is 4.79 Å². The van der Waals surface area contributed by atoms with Crippen molar-refractivity contribution in [3.8, 4) is 0 Å². The standard InChI is InChI=1S/C18H20ClNO2/c19-15-3-1-2-13-4-5-14(16(13)15)17(21)22-12-18-6-9-20(10-7-18)11-8-18/h1-3,5H,4,6-12H2. The second kappa shape index (κ2) is 5.39. The molecule has 0 radical (unpaired) electrons. The molecular formula is C18H20ClNO2. The minimum Gasteiger partial charge on any atom is -0.461 e. The van der Waals surface area contributed by atoms with E-state index in [-0.39, 0.29) is 11.4 Å². The van der Waals surface area contributed by atoms with E-state index in [1.54, 1.807) is 0 Å². The molecule has 0 amide bonds. The van der Waals surface area contributed by atoms with Crippen LogP contribution in [0.5, 0.6) is 0 Å². The Hall–Kier alpha value is -1.32. The first-order valence-electron chi connectivity index (χ1n) is 8.04. The Morgan fingerprint density at radius 2 is 1.95 bits per heavy atom. The molecule has 0 spiro atoms. The van der Waals surface area contributed by atoms with Gasteiger partial charge in [0.05, 0.1) is 12.2 Å². The van der Waals surface area contributed by atoms with Gasteiger partial charge in [0.25, 0.3) is 0 Å². The molecule has 1 aromatic carbocycles. The van der Waals surface area contributed by atoms with Gasteiger partial charge < -0.3 is 9.64 Å². The van der Waals surface area contributed by atoms with Gasteiger partial charge in [0.15, 0.2) is 0 Å². The summed E-state index contributed by atoms with van der Waals surface area (Å²) in [5.74, 6) is -0.214. The van der Waals surface area contributed by atoms with Gasteiger partial charge >= 0.3 is 5.97 Å². The lowest BCUT2D eigenvalue weighted by Gasteiger charge is -2.47. The number of rotatable bonds is 3. The summed E-state index contributed by atoms with van der Waals surface area (Å²) in [6.07, 6.45) is 6.16. The summed E-state index contributed by atoms with van der Waals surface area (Å²) in [4.78, 5) is 15.0. The van der Waals surface area contributed by atoms with Gasteiger partial charge in [-0.1, -0.05) is 29.8 Å². The number of carbonyl (C=O) groups excluding carboxylic acids is 1. The van der Waals surface area contributed by atoms with Crippen molar-refractivity contribution in [3.63, 3.8) is 0 Å². The van der Waals surface area contributed by atoms with Crippen LogP contribution in [0.3, 0.4) is 0 Å². The Bertz CT molecular complexity index is 631. The highest BCUT2D eigenvalue weighted by molar-refractivity contribution is 6.35. The summed E-state index contributed by atoms with van der Waals surface area (Å²) >= 11 is 6.26. The lowest BCUT2D eigenvalue weighted by Crippen LogP contribution is -2.50. The maximum Gasteiger partial charge on any atom is 0.338 e. The van der Waals surface area contributed by atoms with E-state index in [1.807, 2.05) is 24.3 Å². The SMILES string of the molecule is O=C(OCC12CCN(CC1)CC2)C1=CCc2cccc(Cl)c21. The Labute approximate surface area is 135 Å². The van der Waals surface area contributed by atoms with Crippen molar-refractivity contribution < 1.29 is 9.53 Å². The van der Waals surface area contributed by atoms with Gasteiger partial charge in [-0.2, -0.15) is 0 Å². The molecule has 4 aliphatic rings. The fourth-order valence-corrected chi connectivity index (χ4v) is 4.25. The maximum atomic E-state index is 12.5. The van der Waals surface area contributed by atoms with Gasteiger partial charge in [0.2, 0.25) is 0 Å². The second-order valence-corrected chi connectivity index (χ2v) is 7.17. The summed E-state index contributed by atoms with van der Waals surface area (Å²) in [6, 6.07) is 5.79. The average Bonchev–Trinajstić information content (AvgIpc) is 3.00. The Balaban J connectivity index is 1.46. The smallest absolute Gasteiger partial charge is 0.338 e. The predicted octanol–water partition coefficient (Wildman–Crippen LogP) is 3.31. The molecule has 116 valence electrons. The molecule has 22 heavy (non-hydrogen) atoms. The average molecular weight is 318 g/mol. The lowest BCUT2D eigenvalue weighted by atomic mass is 9.73. The van der Waals surface area contributed by atoms with Crippen molar-refractivity contribution in [3.05, 3.63) is 40.4 Å². The highest BCUT2D eigenvalue weighted by Gasteiger charge is 2.40. The number of hydrogen-bond acceptors (Lipinski definition) is 3. The zero-order valence-corrected chi connectivity index (χ0v) is 13.4. The van der Waals surface area contributed by atoms with Crippen molar-refractivity contribution >= 4 is 23.1 Å². The van der Waals surface area contributed by atoms with Crippen molar-refractivity contribution in [2.75, 3.05) is 26.2 Å². The van der Waals surface area contributed by atoms with Crippen LogP contribution in [-0.4, -0.2) is 37.1 Å². The zero-order chi connectivity index (χ0) is 15.2. The summed E-state index contributed by atoms with van der Waals surface area (Å²) in [6.45, 7) is 4.00. The number of carbonyl (C=O) groups is 1. The summed E-state index contributed by atoms with van der Waals surface area (Å²) < 4.78 is 5.71. The van der Waals surface area contributed by atoms with E-state index in [0.717, 1.165) is 56.4 Å². The van der Waals surface area contributed by atoms with E-state index in [0.29, 0.717) is 17.2 Å². The minimum atomic E-state index is -0.214. The minimum absolute atomic E-state index is 0.214. The molecule has 2 bridgehead atoms. The summed E-state index contributed by atoms with van der Waals surface area (Å²) in [5.41, 5.74) is 2.84. The molecule has 3 fully saturated rings. The molecule has 0 aromatic heterocycles. The van der Waals surface area contributed by atoms with Gasteiger partial charge in [-0.3, -0.25) is 0 Å². The number of hydrogen-bond donors (Lipinski definition) is 0. The Kier molecular flexibility index (Phi) is 3.50. The molecule has 5 rings (SSSR count). The number of allylic oxidation sites excluding steroid dienone is 1. The first-order valence-corrected chi connectivity index (χ1v) is 8.42. The highest BCUT2D eigenvalue weighted by Crippen LogP contribution is 2.41. The molecule has 0 saturated carbocycles. The van der Waals surface area contributed by atoms with Crippen LogP contribution < -0.4 is 0 Å². The van der Waals surface area contributed by atoms with Crippen LogP contribution >= 0.6 is 11.6 Å². The van der Waals surface area contributed by atoms with Crippen LogP contribution in [0.15, 0.2) is 24.3 Å². The molecule has 3 nitrogen and oxygen atoms in total. The number of ether oxygens (including phenoxy) is 1. The topological polar surface area (TPSA) is 29.5 Å². The van der Waals surface area contributed by atoms with E-state index in [2.05, 4.69) is 4.90 Å². The lowest BCUT2D eigenvalue weighted by molar-refractivity contribution is -0.143. The quantitative estimate of drug-likeness (QED) is 0.801. The van der Waals surface area contributed by atoms with Gasteiger partial charge in [0, 0.05) is 16.0 Å². The van der Waals surface area contributed by atoms with E-state index < -0.39 is 0 Å². The maximum absolute atomic E-state index is 12.5. The highest BCUT2D eigenvalue weighted by atomic mass is 35.5. The Morgan fingerprint density at radius 3 is 2.68 bits per heavy atom. The van der Waals surface area contributed by atoms with Gasteiger partial charge in [-0.05, 0) is 56.9 Å². The molecular weight excluding hydrogens is 298 g/mol. The normalized spacial score (nSPS) is 29.1. The first kappa shape index (κ1) is 14.3. The van der Waals surface area contributed by atoms with Gasteiger partial charge in [0.1, 0.15) is 0 Å². The van der Waals surface area contributed by atoms with Crippen molar-refractivity contribution in [2.45, 2.75) is 25.7 Å². The van der Waals surface area contributed by atoms with Crippen LogP contribution in [0.25, 0.3) is 5.57 Å². The fraction of sp³-hybridized carbons (Fsp3) is 0.500. The van der Waals surface area contributed by atoms with Crippen LogP contribution in [0.1, 0.15) is 30.4 Å². The monoisotopic (exact) mass is 317 g/mol. The summed E-state index contributed by atoms with van der Waals surface area (Å²) in [5, 5.41) is 0.641. The number of piperidine rings is 3. The van der Waals surface area contributed by atoms with Crippen molar-refractivity contribution in [1.82, 2.24) is 4.90 Å². The van der Waals surface area contributed by atoms with Crippen molar-refractivity contribution in [1.29, 1.82) is 0 Å². The molecule has 1 aliphatic carbocycles. The number of fused-ring (bicyclic) bond motifs is 4. The van der Waals surface area contributed by atoms with Crippen molar-refractivity contribution in [2.24, 2.45) is 5.41 Å². The Morgan fingerprint density at radius 1 is 1.23 bits per heavy atom. The van der Waals surface area contributed by atoms with E-state index in [4.69, 9.17) is 16.3 Å². The molecule has 0 atom stereocenters. The fourth-order valence-electron chi connectivity index (χ4n) is 3.95. The third-order valence-electron chi connectivity index (χ3n) is 5.50. The van der Waals surface area contributed by atoms with E-state index in [1.165, 1.54) is 0 Å². The van der Waals surface area contributed by atoms with Crippen LogP contribution in [0.4, 0.5) is 0 Å². The third-order valence-corrected chi connectivity index (χ3v) is 5.81. The molecule has 1 aromatic rings. The van der Waals surface area contributed by atoms with E-state index in [9.17, 15) is 4.79 Å². The molecule has 0 N–H and O–H groups in total. The number of halogens is 1. The van der Waals surface area contributed by atoms with Crippen LogP contribution in [-0.2, 0) is 16.0 Å². The van der Waals surface area contributed by atoms with E-state index >= 15 is 0 Å². The molecule has 3 saturated heterocycles. The summed E-state index contributed by atoms with van der Waals surface area (Å²) in [7, 11) is 0. The number of esters is 1. The second-order valence-electron chi connectivity index (χ2n) is 6.76. The third kappa shape index (κ3) is 2.37. The molecule has 3 heterocycles. The van der Waals surface area contributed by atoms with Crippen LogP contribution in [0, 0.1) is 5.41 Å². The predicted molar refractivity (Wildman–Crippen MR) is 86.8 cm³/mol. The largest absolute Gasteiger partial charge is 0.461 e. The molecule has 3 aliphatic heterocycles. The molecule has 4 heteroatoms. The van der Waals surface area contributed by atoms with Gasteiger partial charge in [-0.15, -0.1) is 0 Å². The molecule has 0 unspecified atom stereocenters. The number of nitrogens with zero attached hydrogens (tertiary/aromatic N) is 1. The number of benzene rings is 1.